The highest BCUT2D eigenvalue weighted by Crippen LogP contribution is 2.38. The second kappa shape index (κ2) is 8.45. The maximum absolute atomic E-state index is 6.42. The van der Waals surface area contributed by atoms with E-state index in [-0.39, 0.29) is 0 Å². The first-order chi connectivity index (χ1) is 18.2. The van der Waals surface area contributed by atoms with Gasteiger partial charge in [0, 0.05) is 16.3 Å². The lowest BCUT2D eigenvalue weighted by Crippen LogP contribution is -2.04. The summed E-state index contributed by atoms with van der Waals surface area (Å²) < 4.78 is 8.63. The molecule has 4 nitrogen and oxygen atoms in total. The Bertz CT molecular complexity index is 1910. The van der Waals surface area contributed by atoms with Crippen molar-refractivity contribution in [2.45, 2.75) is 19.8 Å². The third kappa shape index (κ3) is 3.45. The highest BCUT2D eigenvalue weighted by atomic mass is 16.3. The first-order valence-electron chi connectivity index (χ1n) is 12.6. The zero-order chi connectivity index (χ0) is 24.9. The molecule has 0 radical (unpaired) electrons. The summed E-state index contributed by atoms with van der Waals surface area (Å²) in [6, 6.07) is 37.4. The van der Waals surface area contributed by atoms with Crippen LogP contribution in [-0.4, -0.2) is 14.5 Å². The number of fused-ring (bicyclic) bond motifs is 4. The summed E-state index contributed by atoms with van der Waals surface area (Å²) in [6.07, 6.45) is 0. The van der Waals surface area contributed by atoms with Crippen LogP contribution in [0, 0.1) is 0 Å². The van der Waals surface area contributed by atoms with Gasteiger partial charge in [0.15, 0.2) is 11.5 Å². The molecule has 0 aliphatic rings. The van der Waals surface area contributed by atoms with E-state index in [0.29, 0.717) is 5.92 Å². The van der Waals surface area contributed by atoms with Crippen molar-refractivity contribution in [2.24, 2.45) is 0 Å². The van der Waals surface area contributed by atoms with Crippen molar-refractivity contribution in [1.29, 1.82) is 0 Å². The summed E-state index contributed by atoms with van der Waals surface area (Å²) in [7, 11) is 0. The molecule has 7 aromatic rings. The number of rotatable bonds is 4. The molecule has 178 valence electrons. The molecule has 0 saturated carbocycles. The zero-order valence-corrected chi connectivity index (χ0v) is 20.7. The van der Waals surface area contributed by atoms with Crippen LogP contribution >= 0.6 is 0 Å². The Kier molecular flexibility index (Phi) is 4.93. The van der Waals surface area contributed by atoms with Gasteiger partial charge >= 0.3 is 0 Å². The Morgan fingerprint density at radius 1 is 0.676 bits per heavy atom. The topological polar surface area (TPSA) is 43.9 Å². The van der Waals surface area contributed by atoms with Gasteiger partial charge in [0.1, 0.15) is 16.7 Å². The van der Waals surface area contributed by atoms with E-state index >= 15 is 0 Å². The quantitative estimate of drug-likeness (QED) is 0.253. The number of benzene rings is 4. The third-order valence-electron chi connectivity index (χ3n) is 7.02. The highest BCUT2D eigenvalue weighted by Gasteiger charge is 2.22. The molecule has 0 N–H and O–H groups in total. The summed E-state index contributed by atoms with van der Waals surface area (Å²) in [5.74, 6) is 1.16. The van der Waals surface area contributed by atoms with Crippen LogP contribution in [-0.2, 0) is 0 Å². The molecule has 7 rings (SSSR count). The molecule has 0 saturated heterocycles. The van der Waals surface area contributed by atoms with E-state index in [1.54, 1.807) is 0 Å². The first-order valence-corrected chi connectivity index (χ1v) is 12.6. The van der Waals surface area contributed by atoms with Gasteiger partial charge in [0.05, 0.1) is 16.9 Å². The summed E-state index contributed by atoms with van der Waals surface area (Å²) in [4.78, 5) is 10.3. The molecule has 0 amide bonds. The summed E-state index contributed by atoms with van der Waals surface area (Å²) in [5.41, 5.74) is 8.67. The van der Waals surface area contributed by atoms with E-state index in [4.69, 9.17) is 14.4 Å². The molecule has 0 aliphatic carbocycles. The maximum atomic E-state index is 6.42. The number of furan rings is 1. The molecule has 3 aromatic heterocycles. The van der Waals surface area contributed by atoms with Crippen molar-refractivity contribution in [2.75, 3.05) is 0 Å². The minimum absolute atomic E-state index is 0.334. The predicted octanol–water partition coefficient (Wildman–Crippen LogP) is 8.78. The van der Waals surface area contributed by atoms with Gasteiger partial charge in [0.2, 0.25) is 0 Å². The predicted molar refractivity (Wildman–Crippen MR) is 151 cm³/mol. The molecule has 4 aromatic carbocycles. The van der Waals surface area contributed by atoms with E-state index in [1.165, 1.54) is 5.56 Å². The largest absolute Gasteiger partial charge is 0.455 e. The third-order valence-corrected chi connectivity index (χ3v) is 7.02. The van der Waals surface area contributed by atoms with Gasteiger partial charge in [-0.25, -0.2) is 9.97 Å². The average Bonchev–Trinajstić information content (AvgIpc) is 3.51. The van der Waals surface area contributed by atoms with Crippen LogP contribution in [0.4, 0.5) is 0 Å². The lowest BCUT2D eigenvalue weighted by atomic mass is 10.0. The minimum atomic E-state index is 0.334. The van der Waals surface area contributed by atoms with Crippen molar-refractivity contribution in [3.05, 3.63) is 115 Å². The number of hydrogen-bond acceptors (Lipinski definition) is 3. The fraction of sp³-hybridized carbons (Fsp3) is 0.0909. The monoisotopic (exact) mass is 479 g/mol. The lowest BCUT2D eigenvalue weighted by Gasteiger charge is -2.16. The number of nitrogens with zero attached hydrogens (tertiary/aromatic N) is 3. The standard InChI is InChI=1S/C33H25N3O/c1-21(2)23-13-6-8-17-29(23)36-32(26-16-10-15-25-24-14-7-9-18-30(24)37-31(25)26)35-28-20-19-27(34-33(28)36)22-11-4-3-5-12-22/h3-21H,1-2H3. The van der Waals surface area contributed by atoms with Crippen LogP contribution in [0.2, 0.25) is 0 Å². The van der Waals surface area contributed by atoms with Crippen molar-refractivity contribution in [1.82, 2.24) is 14.5 Å². The molecule has 0 unspecified atom stereocenters. The second-order valence-corrected chi connectivity index (χ2v) is 9.67. The number of hydrogen-bond donors (Lipinski definition) is 0. The Morgan fingerprint density at radius 2 is 1.43 bits per heavy atom. The molecule has 0 aliphatic heterocycles. The molecular weight excluding hydrogens is 454 g/mol. The molecule has 0 bridgehead atoms. The van der Waals surface area contributed by atoms with Gasteiger partial charge in [-0.15, -0.1) is 0 Å². The van der Waals surface area contributed by atoms with Crippen molar-refractivity contribution in [3.8, 4) is 28.3 Å². The highest BCUT2D eigenvalue weighted by molar-refractivity contribution is 6.09. The van der Waals surface area contributed by atoms with Crippen LogP contribution in [0.5, 0.6) is 0 Å². The summed E-state index contributed by atoms with van der Waals surface area (Å²) >= 11 is 0. The van der Waals surface area contributed by atoms with Gasteiger partial charge in [-0.2, -0.15) is 0 Å². The van der Waals surface area contributed by atoms with Crippen molar-refractivity contribution < 1.29 is 4.42 Å². The molecule has 0 fully saturated rings. The lowest BCUT2D eigenvalue weighted by molar-refractivity contribution is 0.669. The Hall–Kier alpha value is -4.70. The van der Waals surface area contributed by atoms with Gasteiger partial charge in [-0.3, -0.25) is 4.57 Å². The summed E-state index contributed by atoms with van der Waals surface area (Å²) in [6.45, 7) is 4.45. The van der Waals surface area contributed by atoms with E-state index in [2.05, 4.69) is 91.2 Å². The van der Waals surface area contributed by atoms with E-state index in [0.717, 1.165) is 61.4 Å². The first kappa shape index (κ1) is 21.6. The van der Waals surface area contributed by atoms with E-state index < -0.39 is 0 Å². The Balaban J connectivity index is 1.58. The zero-order valence-electron chi connectivity index (χ0n) is 20.7. The number of pyridine rings is 1. The smallest absolute Gasteiger partial charge is 0.165 e. The number of imidazole rings is 1. The number of aromatic nitrogens is 3. The van der Waals surface area contributed by atoms with Crippen LogP contribution in [0.1, 0.15) is 25.3 Å². The van der Waals surface area contributed by atoms with Gasteiger partial charge in [-0.05, 0) is 41.8 Å². The SMILES string of the molecule is CC(C)c1ccccc1-n1c(-c2cccc3c2oc2ccccc23)nc2ccc(-c3ccccc3)nc21. The van der Waals surface area contributed by atoms with Crippen molar-refractivity contribution in [3.63, 3.8) is 0 Å². The van der Waals surface area contributed by atoms with E-state index in [9.17, 15) is 0 Å². The Morgan fingerprint density at radius 3 is 2.30 bits per heavy atom. The molecule has 37 heavy (non-hydrogen) atoms. The van der Waals surface area contributed by atoms with Gasteiger partial charge in [0.25, 0.3) is 0 Å². The molecule has 0 atom stereocenters. The normalized spacial score (nSPS) is 11.8. The summed E-state index contributed by atoms with van der Waals surface area (Å²) in [5, 5.41) is 2.19. The van der Waals surface area contributed by atoms with Gasteiger partial charge < -0.3 is 4.42 Å². The van der Waals surface area contributed by atoms with Crippen LogP contribution in [0.25, 0.3) is 61.4 Å². The molecule has 4 heteroatoms. The van der Waals surface area contributed by atoms with Crippen molar-refractivity contribution >= 4 is 33.1 Å². The Labute approximate surface area is 214 Å². The molecule has 3 heterocycles. The van der Waals surface area contributed by atoms with Gasteiger partial charge in [-0.1, -0.05) is 92.7 Å². The van der Waals surface area contributed by atoms with Crippen LogP contribution < -0.4 is 0 Å². The van der Waals surface area contributed by atoms with Crippen LogP contribution in [0.3, 0.4) is 0 Å². The second-order valence-electron chi connectivity index (χ2n) is 9.67. The maximum Gasteiger partial charge on any atom is 0.165 e. The van der Waals surface area contributed by atoms with Crippen LogP contribution in [0.15, 0.2) is 114 Å². The average molecular weight is 480 g/mol. The number of para-hydroxylation sites is 3. The fourth-order valence-corrected chi connectivity index (χ4v) is 5.24. The molecular formula is C33H25N3O. The molecule has 0 spiro atoms. The van der Waals surface area contributed by atoms with E-state index in [1.807, 2.05) is 36.4 Å². The fourth-order valence-electron chi connectivity index (χ4n) is 5.24. The minimum Gasteiger partial charge on any atom is -0.455 e.